The first-order valence-corrected chi connectivity index (χ1v) is 4.18. The summed E-state index contributed by atoms with van der Waals surface area (Å²) < 4.78 is 0. The smallest absolute Gasteiger partial charge is 0.280 e. The third-order valence-corrected chi connectivity index (χ3v) is 1.72. The van der Waals surface area contributed by atoms with Gasteiger partial charge < -0.3 is 5.73 Å². The monoisotopic (exact) mass is 204 g/mol. The maximum absolute atomic E-state index is 11.5. The van der Waals surface area contributed by atoms with Crippen molar-refractivity contribution < 1.29 is 0 Å². The van der Waals surface area contributed by atoms with Crippen LogP contribution in [-0.4, -0.2) is 26.3 Å². The Balaban J connectivity index is 2.78. The van der Waals surface area contributed by atoms with Gasteiger partial charge in [0.05, 0.1) is 18.2 Å². The van der Waals surface area contributed by atoms with Gasteiger partial charge in [-0.15, -0.1) is 0 Å². The minimum atomic E-state index is -0.378. The highest BCUT2D eigenvalue weighted by atomic mass is 16.1. The fourth-order valence-electron chi connectivity index (χ4n) is 1.13. The van der Waals surface area contributed by atoms with Crippen LogP contribution in [0.2, 0.25) is 0 Å². The van der Waals surface area contributed by atoms with Gasteiger partial charge in [0.2, 0.25) is 5.95 Å². The molecule has 0 radical (unpaired) electrons. The third-order valence-electron chi connectivity index (χ3n) is 1.72. The maximum Gasteiger partial charge on any atom is 0.280 e. The SMILES string of the molecule is Cc1cnc2nc(N=CN)[nH]c(=O)c2n1. The molecular weight excluding hydrogens is 196 g/mol. The van der Waals surface area contributed by atoms with Crippen molar-refractivity contribution in [1.82, 2.24) is 19.9 Å². The second kappa shape index (κ2) is 3.45. The van der Waals surface area contributed by atoms with Gasteiger partial charge in [0.15, 0.2) is 11.2 Å². The van der Waals surface area contributed by atoms with Gasteiger partial charge in [-0.1, -0.05) is 0 Å². The molecule has 0 amide bonds. The van der Waals surface area contributed by atoms with E-state index in [0.29, 0.717) is 5.69 Å². The zero-order valence-electron chi connectivity index (χ0n) is 7.93. The van der Waals surface area contributed by atoms with Crippen molar-refractivity contribution in [3.63, 3.8) is 0 Å². The minimum absolute atomic E-state index is 0.119. The van der Waals surface area contributed by atoms with Crippen LogP contribution in [-0.2, 0) is 0 Å². The zero-order chi connectivity index (χ0) is 10.8. The molecular formula is C8H8N6O. The minimum Gasteiger partial charge on any atom is -0.390 e. The molecule has 2 aromatic heterocycles. The summed E-state index contributed by atoms with van der Waals surface area (Å²) in [6.45, 7) is 1.75. The van der Waals surface area contributed by atoms with Gasteiger partial charge in [0.1, 0.15) is 0 Å². The molecule has 3 N–H and O–H groups in total. The van der Waals surface area contributed by atoms with Gasteiger partial charge in [-0.05, 0) is 6.92 Å². The normalized spacial score (nSPS) is 11.3. The number of hydrogen-bond acceptors (Lipinski definition) is 5. The van der Waals surface area contributed by atoms with Gasteiger partial charge in [0.25, 0.3) is 5.56 Å². The molecule has 2 heterocycles. The van der Waals surface area contributed by atoms with Gasteiger partial charge in [-0.3, -0.25) is 9.78 Å². The lowest BCUT2D eigenvalue weighted by Crippen LogP contribution is -2.10. The maximum atomic E-state index is 11.5. The van der Waals surface area contributed by atoms with E-state index in [-0.39, 0.29) is 22.7 Å². The number of aromatic amines is 1. The summed E-state index contributed by atoms with van der Waals surface area (Å²) in [5.41, 5.74) is 5.82. The van der Waals surface area contributed by atoms with Crippen molar-refractivity contribution in [1.29, 1.82) is 0 Å². The highest BCUT2D eigenvalue weighted by molar-refractivity contribution is 5.69. The molecule has 7 nitrogen and oxygen atoms in total. The standard InChI is InChI=1S/C8H8N6O/c1-4-2-10-6-5(12-4)7(15)14-8(13-6)11-3-9/h2-3H,1H3,(H3,9,10,11,13,14,15). The van der Waals surface area contributed by atoms with E-state index in [2.05, 4.69) is 24.9 Å². The summed E-state index contributed by atoms with van der Waals surface area (Å²) in [6.07, 6.45) is 2.58. The third kappa shape index (κ3) is 1.66. The van der Waals surface area contributed by atoms with E-state index in [0.717, 1.165) is 6.34 Å². The van der Waals surface area contributed by atoms with Gasteiger partial charge in [-0.25, -0.2) is 15.0 Å². The van der Waals surface area contributed by atoms with E-state index in [1.165, 1.54) is 6.20 Å². The number of aliphatic imine (C=N–C) groups is 1. The van der Waals surface area contributed by atoms with E-state index < -0.39 is 0 Å². The Morgan fingerprint density at radius 2 is 2.33 bits per heavy atom. The van der Waals surface area contributed by atoms with E-state index >= 15 is 0 Å². The first-order chi connectivity index (χ1) is 7.20. The molecule has 2 aromatic rings. The van der Waals surface area contributed by atoms with Crippen molar-refractivity contribution in [3.05, 3.63) is 22.2 Å². The Bertz CT molecular complexity index is 587. The number of fused-ring (bicyclic) bond motifs is 1. The van der Waals surface area contributed by atoms with Crippen LogP contribution in [0.1, 0.15) is 5.69 Å². The van der Waals surface area contributed by atoms with Gasteiger partial charge in [0, 0.05) is 0 Å². The molecule has 0 saturated heterocycles. The van der Waals surface area contributed by atoms with E-state index in [9.17, 15) is 4.79 Å². The quantitative estimate of drug-likeness (QED) is 0.487. The van der Waals surface area contributed by atoms with Crippen LogP contribution in [0.5, 0.6) is 0 Å². The van der Waals surface area contributed by atoms with Crippen LogP contribution in [0.25, 0.3) is 11.2 Å². The predicted octanol–water partition coefficient (Wildman–Crippen LogP) is -0.360. The summed E-state index contributed by atoms with van der Waals surface area (Å²) in [5.74, 6) is 0.119. The molecule has 0 fully saturated rings. The Morgan fingerprint density at radius 1 is 1.53 bits per heavy atom. The number of nitrogens with two attached hydrogens (primary N) is 1. The van der Waals surface area contributed by atoms with Crippen molar-refractivity contribution in [2.75, 3.05) is 0 Å². The Morgan fingerprint density at radius 3 is 3.07 bits per heavy atom. The first kappa shape index (κ1) is 9.25. The molecule has 7 heteroatoms. The number of hydrogen-bond donors (Lipinski definition) is 2. The molecule has 0 atom stereocenters. The largest absolute Gasteiger partial charge is 0.390 e. The summed E-state index contributed by atoms with van der Waals surface area (Å²) in [5, 5.41) is 0. The number of nitrogens with zero attached hydrogens (tertiary/aromatic N) is 4. The molecule has 0 spiro atoms. The molecule has 0 bridgehead atoms. The van der Waals surface area contributed by atoms with Crippen LogP contribution < -0.4 is 11.3 Å². The average molecular weight is 204 g/mol. The lowest BCUT2D eigenvalue weighted by Gasteiger charge is -1.97. The number of aromatic nitrogens is 4. The first-order valence-electron chi connectivity index (χ1n) is 4.18. The van der Waals surface area contributed by atoms with Crippen molar-refractivity contribution >= 4 is 23.5 Å². The van der Waals surface area contributed by atoms with Crippen molar-refractivity contribution in [2.45, 2.75) is 6.92 Å². The topological polar surface area (TPSA) is 110 Å². The Labute approximate surface area is 84.1 Å². The van der Waals surface area contributed by atoms with Crippen LogP contribution in [0.4, 0.5) is 5.95 Å². The molecule has 0 saturated carbocycles. The fraction of sp³-hybridized carbons (Fsp3) is 0.125. The number of nitrogens with one attached hydrogen (secondary N) is 1. The highest BCUT2D eigenvalue weighted by Gasteiger charge is 2.05. The molecule has 0 aliphatic heterocycles. The van der Waals surface area contributed by atoms with Crippen LogP contribution >= 0.6 is 0 Å². The molecule has 0 aliphatic carbocycles. The lowest BCUT2D eigenvalue weighted by molar-refractivity contribution is 1.07. The number of aryl methyl sites for hydroxylation is 1. The number of H-pyrrole nitrogens is 1. The molecule has 0 unspecified atom stereocenters. The van der Waals surface area contributed by atoms with Gasteiger partial charge >= 0.3 is 0 Å². The average Bonchev–Trinajstić information content (AvgIpc) is 2.20. The van der Waals surface area contributed by atoms with Crippen LogP contribution in [0, 0.1) is 6.92 Å². The van der Waals surface area contributed by atoms with E-state index in [1.54, 1.807) is 6.92 Å². The van der Waals surface area contributed by atoms with Gasteiger partial charge in [-0.2, -0.15) is 4.98 Å². The van der Waals surface area contributed by atoms with Crippen LogP contribution in [0.3, 0.4) is 0 Å². The highest BCUT2D eigenvalue weighted by Crippen LogP contribution is 2.05. The predicted molar refractivity (Wildman–Crippen MR) is 55.0 cm³/mol. The Kier molecular flexibility index (Phi) is 2.13. The zero-order valence-corrected chi connectivity index (χ0v) is 7.93. The van der Waals surface area contributed by atoms with E-state index in [1.807, 2.05) is 0 Å². The number of rotatable bonds is 1. The molecule has 2 rings (SSSR count). The van der Waals surface area contributed by atoms with Crippen molar-refractivity contribution in [3.8, 4) is 0 Å². The Hall–Kier alpha value is -2.31. The van der Waals surface area contributed by atoms with Crippen molar-refractivity contribution in [2.24, 2.45) is 10.7 Å². The molecule has 76 valence electrons. The second-order valence-corrected chi connectivity index (χ2v) is 2.85. The molecule has 15 heavy (non-hydrogen) atoms. The summed E-state index contributed by atoms with van der Waals surface area (Å²) in [4.78, 5) is 29.6. The van der Waals surface area contributed by atoms with Crippen LogP contribution in [0.15, 0.2) is 16.0 Å². The molecule has 0 aromatic carbocycles. The summed E-state index contributed by atoms with van der Waals surface area (Å²) >= 11 is 0. The van der Waals surface area contributed by atoms with E-state index in [4.69, 9.17) is 5.73 Å². The lowest BCUT2D eigenvalue weighted by atomic mass is 10.4. The fourth-order valence-corrected chi connectivity index (χ4v) is 1.13. The molecule has 0 aliphatic rings. The summed E-state index contributed by atoms with van der Waals surface area (Å²) in [7, 11) is 0. The summed E-state index contributed by atoms with van der Waals surface area (Å²) in [6, 6.07) is 0. The second-order valence-electron chi connectivity index (χ2n) is 2.85.